The number of hydrogen-bond donors (Lipinski definition) is 2. The van der Waals surface area contributed by atoms with Crippen LogP contribution in [0.25, 0.3) is 0 Å². The summed E-state index contributed by atoms with van der Waals surface area (Å²) in [5.74, 6) is -0.266. The van der Waals surface area contributed by atoms with Crippen LogP contribution in [0.5, 0.6) is 0 Å². The fourth-order valence-corrected chi connectivity index (χ4v) is 3.22. The molecule has 0 aromatic heterocycles. The minimum Gasteiger partial charge on any atom is -0.390 e. The van der Waals surface area contributed by atoms with Crippen LogP contribution in [0.1, 0.15) is 38.2 Å². The number of rotatable bonds is 4. The Labute approximate surface area is 122 Å². The van der Waals surface area contributed by atoms with E-state index in [0.717, 1.165) is 24.9 Å². The van der Waals surface area contributed by atoms with Crippen LogP contribution in [0.3, 0.4) is 0 Å². The fraction of sp³-hybridized carbons (Fsp3) is 0.600. The molecule has 0 spiro atoms. The second-order valence-electron chi connectivity index (χ2n) is 5.77. The Kier molecular flexibility index (Phi) is 4.98. The van der Waals surface area contributed by atoms with Crippen molar-refractivity contribution in [2.75, 3.05) is 6.54 Å². The number of halogens is 2. The van der Waals surface area contributed by atoms with Crippen molar-refractivity contribution in [3.63, 3.8) is 0 Å². The van der Waals surface area contributed by atoms with E-state index >= 15 is 0 Å². The Morgan fingerprint density at radius 2 is 2.26 bits per heavy atom. The van der Waals surface area contributed by atoms with E-state index in [-0.39, 0.29) is 5.82 Å². The summed E-state index contributed by atoms with van der Waals surface area (Å²) in [5.41, 5.74) is 0.195. The molecule has 0 aliphatic carbocycles. The highest BCUT2D eigenvalue weighted by Crippen LogP contribution is 2.25. The van der Waals surface area contributed by atoms with E-state index in [1.165, 1.54) is 18.9 Å². The molecule has 2 nitrogen and oxygen atoms in total. The molecule has 19 heavy (non-hydrogen) atoms. The van der Waals surface area contributed by atoms with Gasteiger partial charge in [-0.25, -0.2) is 4.39 Å². The average molecular weight is 330 g/mol. The zero-order chi connectivity index (χ0) is 13.9. The van der Waals surface area contributed by atoms with Crippen LogP contribution >= 0.6 is 15.9 Å². The summed E-state index contributed by atoms with van der Waals surface area (Å²) in [4.78, 5) is 0. The van der Waals surface area contributed by atoms with E-state index in [0.29, 0.717) is 16.9 Å². The van der Waals surface area contributed by atoms with Crippen LogP contribution in [0.4, 0.5) is 4.39 Å². The molecule has 1 fully saturated rings. The second-order valence-corrected chi connectivity index (χ2v) is 6.63. The first-order valence-electron chi connectivity index (χ1n) is 6.86. The fourth-order valence-electron chi connectivity index (χ4n) is 2.79. The van der Waals surface area contributed by atoms with Gasteiger partial charge >= 0.3 is 0 Å². The van der Waals surface area contributed by atoms with Gasteiger partial charge in [0, 0.05) is 12.5 Å². The van der Waals surface area contributed by atoms with Gasteiger partial charge in [-0.15, -0.1) is 0 Å². The molecule has 0 bridgehead atoms. The molecular weight excluding hydrogens is 309 g/mol. The maximum absolute atomic E-state index is 13.2. The maximum Gasteiger partial charge on any atom is 0.137 e. The molecule has 0 radical (unpaired) electrons. The lowest BCUT2D eigenvalue weighted by molar-refractivity contribution is 0.0371. The van der Waals surface area contributed by atoms with Crippen molar-refractivity contribution in [2.45, 2.75) is 50.7 Å². The number of hydrogen-bond acceptors (Lipinski definition) is 2. The number of aliphatic hydroxyl groups is 1. The topological polar surface area (TPSA) is 32.3 Å². The predicted octanol–water partition coefficient (Wildman–Crippen LogP) is 3.41. The van der Waals surface area contributed by atoms with E-state index in [1.807, 2.05) is 6.92 Å². The van der Waals surface area contributed by atoms with Gasteiger partial charge in [-0.05, 0) is 66.4 Å². The highest BCUT2D eigenvalue weighted by Gasteiger charge is 2.26. The summed E-state index contributed by atoms with van der Waals surface area (Å²) < 4.78 is 13.6. The maximum atomic E-state index is 13.2. The molecule has 4 heteroatoms. The molecule has 1 aliphatic heterocycles. The van der Waals surface area contributed by atoms with Gasteiger partial charge in [0.2, 0.25) is 0 Å². The molecule has 2 atom stereocenters. The first kappa shape index (κ1) is 14.9. The Balaban J connectivity index is 1.96. The van der Waals surface area contributed by atoms with Gasteiger partial charge in [-0.3, -0.25) is 0 Å². The SMILES string of the molecule is CC(O)(Cc1ccc(F)c(Br)c1)CC1CCCCN1. The second kappa shape index (κ2) is 6.33. The zero-order valence-electron chi connectivity index (χ0n) is 11.3. The highest BCUT2D eigenvalue weighted by molar-refractivity contribution is 9.10. The molecule has 2 unspecified atom stereocenters. The first-order valence-corrected chi connectivity index (χ1v) is 7.65. The molecule has 0 saturated carbocycles. The summed E-state index contributed by atoms with van der Waals surface area (Å²) >= 11 is 3.18. The van der Waals surface area contributed by atoms with E-state index in [1.54, 1.807) is 12.1 Å². The third kappa shape index (κ3) is 4.55. The molecule has 1 aromatic rings. The van der Waals surface area contributed by atoms with Crippen LogP contribution in [0.2, 0.25) is 0 Å². The Morgan fingerprint density at radius 3 is 2.89 bits per heavy atom. The van der Waals surface area contributed by atoms with Gasteiger partial charge in [0.1, 0.15) is 5.82 Å². The summed E-state index contributed by atoms with van der Waals surface area (Å²) in [5, 5.41) is 14.0. The van der Waals surface area contributed by atoms with E-state index < -0.39 is 5.60 Å². The molecule has 1 aliphatic rings. The van der Waals surface area contributed by atoms with Crippen molar-refractivity contribution in [1.29, 1.82) is 0 Å². The zero-order valence-corrected chi connectivity index (χ0v) is 12.8. The van der Waals surface area contributed by atoms with Crippen LogP contribution in [-0.2, 0) is 6.42 Å². The Bertz CT molecular complexity index is 430. The highest BCUT2D eigenvalue weighted by atomic mass is 79.9. The molecule has 0 amide bonds. The monoisotopic (exact) mass is 329 g/mol. The smallest absolute Gasteiger partial charge is 0.137 e. The predicted molar refractivity (Wildman–Crippen MR) is 78.7 cm³/mol. The normalized spacial score (nSPS) is 23.1. The summed E-state index contributed by atoms with van der Waals surface area (Å²) in [6.07, 6.45) is 4.87. The van der Waals surface area contributed by atoms with Crippen molar-refractivity contribution in [3.05, 3.63) is 34.1 Å². The van der Waals surface area contributed by atoms with Gasteiger partial charge in [-0.1, -0.05) is 12.5 Å². The van der Waals surface area contributed by atoms with Gasteiger partial charge in [0.15, 0.2) is 0 Å². The molecule has 1 saturated heterocycles. The number of piperidine rings is 1. The third-order valence-corrected chi connectivity index (χ3v) is 4.28. The first-order chi connectivity index (χ1) is 8.96. The number of benzene rings is 1. The minimum absolute atomic E-state index is 0.266. The lowest BCUT2D eigenvalue weighted by atomic mass is 9.87. The summed E-state index contributed by atoms with van der Waals surface area (Å²) in [6, 6.07) is 5.32. The molecule has 1 aromatic carbocycles. The molecule has 1 heterocycles. The quantitative estimate of drug-likeness (QED) is 0.887. The van der Waals surface area contributed by atoms with Gasteiger partial charge in [0.05, 0.1) is 10.1 Å². The average Bonchev–Trinajstić information content (AvgIpc) is 2.34. The molecule has 106 valence electrons. The Morgan fingerprint density at radius 1 is 1.47 bits per heavy atom. The van der Waals surface area contributed by atoms with Crippen LogP contribution in [0, 0.1) is 5.82 Å². The summed E-state index contributed by atoms with van der Waals surface area (Å²) in [7, 11) is 0. The van der Waals surface area contributed by atoms with E-state index in [2.05, 4.69) is 21.2 Å². The standard InChI is InChI=1S/C15H21BrFNO/c1-15(19,10-12-4-2-3-7-18-12)9-11-5-6-14(17)13(16)8-11/h5-6,8,12,18-19H,2-4,7,9-10H2,1H3. The minimum atomic E-state index is -0.758. The van der Waals surface area contributed by atoms with E-state index in [9.17, 15) is 9.50 Å². The lowest BCUT2D eigenvalue weighted by Gasteiger charge is -2.31. The number of nitrogens with one attached hydrogen (secondary N) is 1. The Hall–Kier alpha value is -0.450. The van der Waals surface area contributed by atoms with Crippen LogP contribution in [-0.4, -0.2) is 23.3 Å². The van der Waals surface area contributed by atoms with Gasteiger partial charge in [0.25, 0.3) is 0 Å². The van der Waals surface area contributed by atoms with Crippen molar-refractivity contribution in [1.82, 2.24) is 5.32 Å². The molecular formula is C15H21BrFNO. The van der Waals surface area contributed by atoms with E-state index in [4.69, 9.17) is 0 Å². The van der Waals surface area contributed by atoms with Gasteiger partial charge in [-0.2, -0.15) is 0 Å². The van der Waals surface area contributed by atoms with Crippen molar-refractivity contribution >= 4 is 15.9 Å². The molecule has 2 N–H and O–H groups in total. The van der Waals surface area contributed by atoms with Crippen LogP contribution in [0.15, 0.2) is 22.7 Å². The largest absolute Gasteiger partial charge is 0.390 e. The van der Waals surface area contributed by atoms with Gasteiger partial charge < -0.3 is 10.4 Å². The van der Waals surface area contributed by atoms with Crippen molar-refractivity contribution in [3.8, 4) is 0 Å². The summed E-state index contributed by atoms with van der Waals surface area (Å²) in [6.45, 7) is 2.91. The van der Waals surface area contributed by atoms with Crippen LogP contribution < -0.4 is 5.32 Å². The third-order valence-electron chi connectivity index (χ3n) is 3.67. The molecule has 2 rings (SSSR count). The lowest BCUT2D eigenvalue weighted by Crippen LogP contribution is -2.41. The van der Waals surface area contributed by atoms with Crippen molar-refractivity contribution < 1.29 is 9.50 Å². The van der Waals surface area contributed by atoms with Crippen molar-refractivity contribution in [2.24, 2.45) is 0 Å².